The number of aromatic nitrogens is 2. The van der Waals surface area contributed by atoms with Gasteiger partial charge in [-0.15, -0.1) is 11.3 Å². The third kappa shape index (κ3) is 3.63. The van der Waals surface area contributed by atoms with Gasteiger partial charge in [0.25, 0.3) is 0 Å². The van der Waals surface area contributed by atoms with Crippen molar-refractivity contribution in [1.82, 2.24) is 20.2 Å². The third-order valence-corrected chi connectivity index (χ3v) is 5.30. The largest absolute Gasteiger partial charge is 0.343 e. The van der Waals surface area contributed by atoms with E-state index in [0.29, 0.717) is 17.3 Å². The van der Waals surface area contributed by atoms with E-state index in [1.807, 2.05) is 6.92 Å². The fourth-order valence-electron chi connectivity index (χ4n) is 1.63. The first-order chi connectivity index (χ1) is 9.53. The van der Waals surface area contributed by atoms with Crippen LogP contribution in [-0.2, 0) is 23.1 Å². The van der Waals surface area contributed by atoms with E-state index in [1.165, 1.54) is 11.3 Å². The summed E-state index contributed by atoms with van der Waals surface area (Å²) in [6.07, 6.45) is 1.16. The van der Waals surface area contributed by atoms with Gasteiger partial charge in [0.05, 0.1) is 11.4 Å². The average molecular weight is 316 g/mol. The molecule has 2 aromatic rings. The fourth-order valence-corrected chi connectivity index (χ4v) is 4.22. The van der Waals surface area contributed by atoms with Gasteiger partial charge < -0.3 is 9.84 Å². The Bertz CT molecular complexity index is 649. The third-order valence-electron chi connectivity index (χ3n) is 2.59. The zero-order valence-electron chi connectivity index (χ0n) is 11.2. The van der Waals surface area contributed by atoms with Crippen molar-refractivity contribution in [3.63, 3.8) is 0 Å². The number of nitrogens with one attached hydrogen (secondary N) is 2. The Morgan fingerprint density at radius 2 is 2.20 bits per heavy atom. The summed E-state index contributed by atoms with van der Waals surface area (Å²) in [5.74, 6) is 0.300. The van der Waals surface area contributed by atoms with E-state index in [0.717, 1.165) is 22.7 Å². The van der Waals surface area contributed by atoms with Crippen molar-refractivity contribution in [3.8, 4) is 0 Å². The second-order valence-corrected chi connectivity index (χ2v) is 7.16. The molecule has 0 radical (unpaired) electrons. The van der Waals surface area contributed by atoms with Crippen LogP contribution in [0.2, 0.25) is 0 Å². The highest BCUT2D eigenvalue weighted by molar-refractivity contribution is 7.89. The molecular weight excluding hydrogens is 300 g/mol. The minimum Gasteiger partial charge on any atom is -0.343 e. The van der Waals surface area contributed by atoms with Crippen molar-refractivity contribution in [2.75, 3.05) is 6.54 Å². The standard InChI is InChI=1S/C11H16N4O3S2/c1-3-12-5-9-4-10(8(2)19-9)20(16,17)14-6-11-13-7-18-15-11/h4,7,12,14H,3,5-6H2,1-2H3. The number of thiophene rings is 1. The van der Waals surface area contributed by atoms with Crippen LogP contribution in [0.15, 0.2) is 21.9 Å². The van der Waals surface area contributed by atoms with Crippen molar-refractivity contribution in [3.05, 3.63) is 28.0 Å². The summed E-state index contributed by atoms with van der Waals surface area (Å²) in [6, 6.07) is 1.70. The van der Waals surface area contributed by atoms with Gasteiger partial charge in [-0.05, 0) is 19.5 Å². The highest BCUT2D eigenvalue weighted by Gasteiger charge is 2.20. The molecule has 0 aliphatic rings. The molecule has 0 bridgehead atoms. The first-order valence-corrected chi connectivity index (χ1v) is 8.38. The van der Waals surface area contributed by atoms with Crippen LogP contribution in [-0.4, -0.2) is 25.1 Å². The molecule has 0 fully saturated rings. The van der Waals surface area contributed by atoms with E-state index in [4.69, 9.17) is 0 Å². The number of nitrogens with zero attached hydrogens (tertiary/aromatic N) is 2. The quantitative estimate of drug-likeness (QED) is 0.792. The van der Waals surface area contributed by atoms with Crippen LogP contribution in [0.3, 0.4) is 0 Å². The molecule has 0 aliphatic carbocycles. The van der Waals surface area contributed by atoms with E-state index in [-0.39, 0.29) is 6.54 Å². The van der Waals surface area contributed by atoms with E-state index in [1.54, 1.807) is 13.0 Å². The van der Waals surface area contributed by atoms with Crippen LogP contribution in [0.5, 0.6) is 0 Å². The number of sulfonamides is 1. The Morgan fingerprint density at radius 3 is 2.85 bits per heavy atom. The smallest absolute Gasteiger partial charge is 0.242 e. The Morgan fingerprint density at radius 1 is 1.40 bits per heavy atom. The molecule has 0 aromatic carbocycles. The van der Waals surface area contributed by atoms with Gasteiger partial charge in [-0.25, -0.2) is 13.1 Å². The van der Waals surface area contributed by atoms with E-state index < -0.39 is 10.0 Å². The van der Waals surface area contributed by atoms with Crippen molar-refractivity contribution in [2.45, 2.75) is 31.8 Å². The van der Waals surface area contributed by atoms with Crippen LogP contribution >= 0.6 is 11.3 Å². The molecule has 110 valence electrons. The summed E-state index contributed by atoms with van der Waals surface area (Å²) in [7, 11) is -3.56. The van der Waals surface area contributed by atoms with Gasteiger partial charge in [-0.3, -0.25) is 0 Å². The number of hydrogen-bond acceptors (Lipinski definition) is 7. The highest BCUT2D eigenvalue weighted by Crippen LogP contribution is 2.25. The summed E-state index contributed by atoms with van der Waals surface area (Å²) >= 11 is 1.47. The van der Waals surface area contributed by atoms with E-state index in [2.05, 4.69) is 24.7 Å². The lowest BCUT2D eigenvalue weighted by molar-refractivity contribution is 0.409. The maximum absolute atomic E-state index is 12.2. The van der Waals surface area contributed by atoms with Gasteiger partial charge in [-0.1, -0.05) is 12.1 Å². The Hall–Kier alpha value is -1.29. The van der Waals surface area contributed by atoms with Gasteiger partial charge in [-0.2, -0.15) is 4.98 Å². The molecule has 0 saturated heterocycles. The summed E-state index contributed by atoms with van der Waals surface area (Å²) in [5.41, 5.74) is 0. The predicted octanol–water partition coefficient (Wildman–Crippen LogP) is 1.03. The van der Waals surface area contributed by atoms with Crippen molar-refractivity contribution >= 4 is 21.4 Å². The minimum atomic E-state index is -3.56. The maximum atomic E-state index is 12.2. The molecule has 20 heavy (non-hydrogen) atoms. The van der Waals surface area contributed by atoms with Crippen molar-refractivity contribution in [2.24, 2.45) is 0 Å². The topological polar surface area (TPSA) is 97.1 Å². The molecule has 2 aromatic heterocycles. The molecule has 7 nitrogen and oxygen atoms in total. The van der Waals surface area contributed by atoms with Gasteiger partial charge in [0.2, 0.25) is 16.4 Å². The van der Waals surface area contributed by atoms with Gasteiger partial charge in [0.15, 0.2) is 5.82 Å². The zero-order chi connectivity index (χ0) is 14.6. The monoisotopic (exact) mass is 316 g/mol. The molecular formula is C11H16N4O3S2. The normalized spacial score (nSPS) is 11.9. The summed E-state index contributed by atoms with van der Waals surface area (Å²) < 4.78 is 31.5. The molecule has 0 amide bonds. The van der Waals surface area contributed by atoms with Crippen LogP contribution in [0.25, 0.3) is 0 Å². The molecule has 2 N–H and O–H groups in total. The number of rotatable bonds is 7. The molecule has 0 saturated carbocycles. The summed E-state index contributed by atoms with van der Waals surface area (Å²) in [6.45, 7) is 5.32. The Labute approximate surface area is 121 Å². The van der Waals surface area contributed by atoms with Crippen LogP contribution in [0, 0.1) is 6.92 Å². The lowest BCUT2D eigenvalue weighted by Crippen LogP contribution is -2.24. The van der Waals surface area contributed by atoms with Gasteiger partial charge in [0.1, 0.15) is 0 Å². The summed E-state index contributed by atoms with van der Waals surface area (Å²) in [4.78, 5) is 5.83. The van der Waals surface area contributed by atoms with Gasteiger partial charge in [0, 0.05) is 16.3 Å². The molecule has 0 spiro atoms. The molecule has 2 rings (SSSR count). The van der Waals surface area contributed by atoms with E-state index in [9.17, 15) is 8.42 Å². The zero-order valence-corrected chi connectivity index (χ0v) is 12.8. The Balaban J connectivity index is 2.10. The summed E-state index contributed by atoms with van der Waals surface area (Å²) in [5, 5.41) is 6.73. The van der Waals surface area contributed by atoms with Crippen molar-refractivity contribution < 1.29 is 12.9 Å². The lowest BCUT2D eigenvalue weighted by atomic mass is 10.4. The highest BCUT2D eigenvalue weighted by atomic mass is 32.2. The molecule has 0 atom stereocenters. The molecule has 9 heteroatoms. The average Bonchev–Trinajstić information content (AvgIpc) is 3.03. The van der Waals surface area contributed by atoms with E-state index >= 15 is 0 Å². The van der Waals surface area contributed by atoms with Crippen LogP contribution in [0.1, 0.15) is 22.5 Å². The maximum Gasteiger partial charge on any atom is 0.242 e. The SMILES string of the molecule is CCNCc1cc(S(=O)(=O)NCc2ncon2)c(C)s1. The Kier molecular flexibility index (Phi) is 4.86. The van der Waals surface area contributed by atoms with Crippen LogP contribution < -0.4 is 10.0 Å². The molecule has 2 heterocycles. The number of hydrogen-bond donors (Lipinski definition) is 2. The fraction of sp³-hybridized carbons (Fsp3) is 0.455. The molecule has 0 aliphatic heterocycles. The first kappa shape index (κ1) is 15.1. The number of aryl methyl sites for hydroxylation is 1. The van der Waals surface area contributed by atoms with Gasteiger partial charge >= 0.3 is 0 Å². The second kappa shape index (κ2) is 6.44. The van der Waals surface area contributed by atoms with Crippen molar-refractivity contribution in [1.29, 1.82) is 0 Å². The van der Waals surface area contributed by atoms with Crippen LogP contribution in [0.4, 0.5) is 0 Å². The first-order valence-electron chi connectivity index (χ1n) is 6.08. The molecule has 0 unspecified atom stereocenters. The predicted molar refractivity (Wildman–Crippen MR) is 74.8 cm³/mol. The second-order valence-electron chi connectivity index (χ2n) is 4.09. The minimum absolute atomic E-state index is 0.0106. The lowest BCUT2D eigenvalue weighted by Gasteiger charge is -2.03.